The van der Waals surface area contributed by atoms with Crippen LogP contribution >= 0.6 is 11.6 Å². The molecule has 1 saturated carbocycles. The van der Waals surface area contributed by atoms with E-state index in [1.54, 1.807) is 43.3 Å². The molecule has 2 bridgehead atoms. The standard InChI is InChI=1S/C50H67ClN4O7Si/c1-49(2,3)63(6,7)62-44(37-16-18-42(56)46-38(37)17-19-45(57)53-46)31-52-30-35-28-41(51)39(29-43(35)60-5)47(58)54(4)24-12-14-33-13-11-15-36(27-33)61-48(59)50(22-9-8-10-23-50)40-32-55-25-20-34(40)21-26-55/h11,13,15-19,27-29,34,40,44,52,56H,8-10,12,14,20-26,30-32H2,1-7H3,(H,53,57)/t40-,44+/m1/s1. The van der Waals surface area contributed by atoms with E-state index in [0.29, 0.717) is 77.3 Å². The van der Waals surface area contributed by atoms with Gasteiger partial charge in [-0.05, 0) is 129 Å². The number of phenolic OH excluding ortho intramolecular Hbond substituents is 1. The number of hydrogen-bond donors (Lipinski definition) is 3. The Morgan fingerprint density at radius 1 is 1.05 bits per heavy atom. The van der Waals surface area contributed by atoms with Crippen LogP contribution in [0.15, 0.2) is 65.5 Å². The Morgan fingerprint density at radius 2 is 1.79 bits per heavy atom. The number of nitrogens with one attached hydrogen (secondary N) is 2. The zero-order chi connectivity index (χ0) is 45.1. The predicted octanol–water partition coefficient (Wildman–Crippen LogP) is 9.65. The first kappa shape index (κ1) is 46.8. The second-order valence-electron chi connectivity index (χ2n) is 19.8. The average Bonchev–Trinajstić information content (AvgIpc) is 3.26. The van der Waals surface area contributed by atoms with Crippen molar-refractivity contribution in [2.45, 2.75) is 109 Å². The second kappa shape index (κ2) is 19.5. The number of H-pyrrole nitrogens is 1. The summed E-state index contributed by atoms with van der Waals surface area (Å²) in [6.07, 6.45) is 8.63. The zero-order valence-electron chi connectivity index (χ0n) is 38.3. The quantitative estimate of drug-likeness (QED) is 0.0571. The summed E-state index contributed by atoms with van der Waals surface area (Å²) in [6.45, 7) is 15.6. The van der Waals surface area contributed by atoms with Crippen LogP contribution in [-0.4, -0.2) is 87.0 Å². The largest absolute Gasteiger partial charge is 0.506 e. The highest BCUT2D eigenvalue weighted by molar-refractivity contribution is 6.74. The van der Waals surface area contributed by atoms with Gasteiger partial charge in [-0.15, -0.1) is 0 Å². The number of aromatic hydroxyl groups is 1. The fourth-order valence-electron chi connectivity index (χ4n) is 10.0. The first-order valence-corrected chi connectivity index (χ1v) is 26.2. The molecule has 13 heteroatoms. The number of carbonyl (C=O) groups excluding carboxylic acids is 2. The maximum Gasteiger partial charge on any atom is 0.317 e. The summed E-state index contributed by atoms with van der Waals surface area (Å²) in [4.78, 5) is 47.1. The van der Waals surface area contributed by atoms with E-state index in [9.17, 15) is 19.5 Å². The molecule has 1 aromatic heterocycles. The van der Waals surface area contributed by atoms with Gasteiger partial charge in [0.1, 0.15) is 17.2 Å². The molecule has 4 aromatic rings. The van der Waals surface area contributed by atoms with Gasteiger partial charge in [0, 0.05) is 50.2 Å². The number of fused-ring (bicyclic) bond motifs is 4. The molecule has 1 aliphatic carbocycles. The summed E-state index contributed by atoms with van der Waals surface area (Å²) in [7, 11) is 1.07. The summed E-state index contributed by atoms with van der Waals surface area (Å²) in [5.41, 5.74) is 2.74. The number of amides is 1. The lowest BCUT2D eigenvalue weighted by atomic mass is 9.58. The number of aromatic amines is 1. The lowest BCUT2D eigenvalue weighted by molar-refractivity contribution is -0.159. The Balaban J connectivity index is 0.972. The first-order chi connectivity index (χ1) is 30.0. The van der Waals surface area contributed by atoms with Crippen molar-refractivity contribution >= 4 is 42.7 Å². The number of piperidine rings is 3. The van der Waals surface area contributed by atoms with Crippen LogP contribution in [0.5, 0.6) is 17.2 Å². The predicted molar refractivity (Wildman–Crippen MR) is 252 cm³/mol. The number of benzene rings is 3. The summed E-state index contributed by atoms with van der Waals surface area (Å²) < 4.78 is 19.0. The fraction of sp³-hybridized carbons (Fsp3) is 0.540. The number of phenols is 1. The summed E-state index contributed by atoms with van der Waals surface area (Å²) in [6, 6.07) is 18.0. The molecule has 4 heterocycles. The van der Waals surface area contributed by atoms with Crippen LogP contribution in [0, 0.1) is 17.3 Å². The van der Waals surface area contributed by atoms with Crippen LogP contribution in [0.25, 0.3) is 10.9 Å². The van der Waals surface area contributed by atoms with Gasteiger partial charge in [-0.25, -0.2) is 0 Å². The van der Waals surface area contributed by atoms with Gasteiger partial charge in [0.2, 0.25) is 5.56 Å². The normalized spacial score (nSPS) is 20.3. The molecular formula is C50H67ClN4O7Si. The van der Waals surface area contributed by atoms with Crippen molar-refractivity contribution in [3.05, 3.63) is 98.3 Å². The Kier molecular flexibility index (Phi) is 14.5. The van der Waals surface area contributed by atoms with Crippen molar-refractivity contribution in [1.82, 2.24) is 20.1 Å². The smallest absolute Gasteiger partial charge is 0.317 e. The Morgan fingerprint density at radius 3 is 2.48 bits per heavy atom. The van der Waals surface area contributed by atoms with Gasteiger partial charge in [-0.2, -0.15) is 0 Å². The maximum atomic E-state index is 14.1. The molecule has 2 atom stereocenters. The van der Waals surface area contributed by atoms with Crippen LogP contribution in [0.1, 0.15) is 105 Å². The van der Waals surface area contributed by atoms with Crippen molar-refractivity contribution in [3.63, 3.8) is 0 Å². The van der Waals surface area contributed by atoms with E-state index in [-0.39, 0.29) is 28.2 Å². The SMILES string of the molecule is COc1cc(C(=O)N(C)CCCc2cccc(OC(=O)C3([C@@H]4CN5CCC4CC5)CCCCC3)c2)c(Cl)cc1CNC[C@H](O[Si](C)(C)C(C)(C)C)c1ccc(O)c2[nH]c(=O)ccc12. The minimum absolute atomic E-state index is 0.00355. The first-order valence-electron chi connectivity index (χ1n) is 22.9. The number of methoxy groups -OCH3 is 1. The molecule has 340 valence electrons. The number of rotatable bonds is 16. The van der Waals surface area contributed by atoms with Crippen molar-refractivity contribution in [2.24, 2.45) is 17.3 Å². The van der Waals surface area contributed by atoms with E-state index in [1.165, 1.54) is 25.3 Å². The number of pyridine rings is 1. The van der Waals surface area contributed by atoms with E-state index in [2.05, 4.69) is 49.1 Å². The molecule has 11 nitrogen and oxygen atoms in total. The van der Waals surface area contributed by atoms with Gasteiger partial charge in [-0.1, -0.05) is 69.8 Å². The number of ether oxygens (including phenoxy) is 2. The molecule has 3 aromatic carbocycles. The molecule has 3 aliphatic heterocycles. The molecule has 3 N–H and O–H groups in total. The number of halogens is 1. The number of nitrogens with zero attached hydrogens (tertiary/aromatic N) is 2. The zero-order valence-corrected chi connectivity index (χ0v) is 40.0. The van der Waals surface area contributed by atoms with Gasteiger partial charge < -0.3 is 39.1 Å². The van der Waals surface area contributed by atoms with E-state index in [0.717, 1.165) is 62.0 Å². The second-order valence-corrected chi connectivity index (χ2v) is 24.9. The molecule has 0 spiro atoms. The van der Waals surface area contributed by atoms with Crippen molar-refractivity contribution in [1.29, 1.82) is 0 Å². The number of aryl methyl sites for hydroxylation is 1. The van der Waals surface area contributed by atoms with Crippen LogP contribution in [-0.2, 0) is 22.2 Å². The van der Waals surface area contributed by atoms with Crippen LogP contribution in [0.4, 0.5) is 0 Å². The minimum atomic E-state index is -2.29. The highest BCUT2D eigenvalue weighted by atomic mass is 35.5. The van der Waals surface area contributed by atoms with Crippen LogP contribution < -0.4 is 20.3 Å². The van der Waals surface area contributed by atoms with Gasteiger partial charge in [0.05, 0.1) is 34.7 Å². The van der Waals surface area contributed by atoms with E-state index >= 15 is 0 Å². The van der Waals surface area contributed by atoms with Gasteiger partial charge in [0.15, 0.2) is 8.32 Å². The van der Waals surface area contributed by atoms with Gasteiger partial charge >= 0.3 is 5.97 Å². The third-order valence-corrected chi connectivity index (χ3v) is 19.5. The third-order valence-electron chi connectivity index (χ3n) is 14.7. The van der Waals surface area contributed by atoms with Gasteiger partial charge in [-0.3, -0.25) is 14.4 Å². The third kappa shape index (κ3) is 10.4. The molecular weight excluding hydrogens is 832 g/mol. The molecule has 1 amide bonds. The maximum absolute atomic E-state index is 14.1. The Labute approximate surface area is 379 Å². The van der Waals surface area contributed by atoms with E-state index < -0.39 is 19.8 Å². The number of esters is 1. The molecule has 63 heavy (non-hydrogen) atoms. The monoisotopic (exact) mass is 898 g/mol. The molecule has 0 unspecified atom stereocenters. The van der Waals surface area contributed by atoms with Crippen molar-refractivity contribution in [2.75, 3.05) is 46.9 Å². The lowest BCUT2D eigenvalue weighted by Crippen LogP contribution is -2.57. The number of carbonyl (C=O) groups is 2. The highest BCUT2D eigenvalue weighted by Crippen LogP contribution is 2.51. The van der Waals surface area contributed by atoms with Crippen molar-refractivity contribution < 1.29 is 28.6 Å². The number of aromatic nitrogens is 1. The van der Waals surface area contributed by atoms with Gasteiger partial charge in [0.25, 0.3) is 5.91 Å². The van der Waals surface area contributed by atoms with Crippen molar-refractivity contribution in [3.8, 4) is 17.2 Å². The fourth-order valence-corrected chi connectivity index (χ4v) is 11.6. The summed E-state index contributed by atoms with van der Waals surface area (Å²) in [5.74, 6) is 1.89. The summed E-state index contributed by atoms with van der Waals surface area (Å²) >= 11 is 6.84. The lowest BCUT2D eigenvalue weighted by Gasteiger charge is -2.53. The van der Waals surface area contributed by atoms with E-state index in [1.807, 2.05) is 30.3 Å². The number of hydrogen-bond acceptors (Lipinski definition) is 9. The molecule has 0 radical (unpaired) electrons. The molecule has 4 aliphatic rings. The average molecular weight is 900 g/mol. The summed E-state index contributed by atoms with van der Waals surface area (Å²) in [5, 5.41) is 15.1. The van der Waals surface area contributed by atoms with Crippen LogP contribution in [0.2, 0.25) is 23.2 Å². The Bertz CT molecular complexity index is 2330. The molecule has 4 fully saturated rings. The van der Waals surface area contributed by atoms with E-state index in [4.69, 9.17) is 25.5 Å². The minimum Gasteiger partial charge on any atom is -0.506 e. The highest BCUT2D eigenvalue weighted by Gasteiger charge is 2.53. The van der Waals surface area contributed by atoms with Crippen LogP contribution in [0.3, 0.4) is 0 Å². The molecule has 8 rings (SSSR count). The Hall–Kier alpha value is -4.20. The topological polar surface area (TPSA) is 133 Å². The molecule has 3 saturated heterocycles.